The standard InChI is InChI=1S/C7H16N2O/c1-5-9(4)6(2)7(10)8-3/h6H,5H2,1-4H3,(H,8,10). The molecule has 0 aromatic carbocycles. The fourth-order valence-corrected chi connectivity index (χ4v) is 0.683. The number of hydrogen-bond donors (Lipinski definition) is 1. The summed E-state index contributed by atoms with van der Waals surface area (Å²) >= 11 is 0. The number of carbonyl (C=O) groups is 1. The third kappa shape index (κ3) is 2.35. The minimum Gasteiger partial charge on any atom is -0.358 e. The van der Waals surface area contributed by atoms with E-state index >= 15 is 0 Å². The summed E-state index contributed by atoms with van der Waals surface area (Å²) in [5.41, 5.74) is 0. The molecule has 0 aliphatic carbocycles. The van der Waals surface area contributed by atoms with Crippen LogP contribution in [-0.2, 0) is 4.79 Å². The zero-order chi connectivity index (χ0) is 8.15. The van der Waals surface area contributed by atoms with Gasteiger partial charge in [-0.2, -0.15) is 0 Å². The zero-order valence-corrected chi connectivity index (χ0v) is 7.14. The quantitative estimate of drug-likeness (QED) is 0.608. The van der Waals surface area contributed by atoms with Crippen LogP contribution in [0.3, 0.4) is 0 Å². The Kier molecular flexibility index (Phi) is 4.03. The highest BCUT2D eigenvalue weighted by Crippen LogP contribution is 1.92. The minimum atomic E-state index is -0.0185. The zero-order valence-electron chi connectivity index (χ0n) is 7.14. The van der Waals surface area contributed by atoms with Crippen molar-refractivity contribution in [2.75, 3.05) is 20.6 Å². The predicted octanol–water partition coefficient (Wildman–Crippen LogP) is 0.0726. The molecule has 3 nitrogen and oxygen atoms in total. The molecule has 1 atom stereocenters. The van der Waals surface area contributed by atoms with Gasteiger partial charge in [-0.3, -0.25) is 9.69 Å². The highest BCUT2D eigenvalue weighted by Gasteiger charge is 2.13. The highest BCUT2D eigenvalue weighted by molar-refractivity contribution is 5.80. The van der Waals surface area contributed by atoms with Gasteiger partial charge in [0.1, 0.15) is 0 Å². The first-order chi connectivity index (χ1) is 4.63. The second-order valence-electron chi connectivity index (χ2n) is 2.36. The highest BCUT2D eigenvalue weighted by atomic mass is 16.2. The molecule has 0 rings (SSSR count). The summed E-state index contributed by atoms with van der Waals surface area (Å²) in [6.45, 7) is 4.82. The van der Waals surface area contributed by atoms with Gasteiger partial charge in [0, 0.05) is 7.05 Å². The molecule has 0 saturated carbocycles. The molecule has 0 aromatic heterocycles. The van der Waals surface area contributed by atoms with Crippen LogP contribution in [-0.4, -0.2) is 37.5 Å². The second kappa shape index (κ2) is 4.28. The summed E-state index contributed by atoms with van der Waals surface area (Å²) in [4.78, 5) is 12.9. The molecule has 0 aliphatic heterocycles. The van der Waals surface area contributed by atoms with Gasteiger partial charge in [0.25, 0.3) is 0 Å². The summed E-state index contributed by atoms with van der Waals surface area (Å²) in [5, 5.41) is 2.60. The lowest BCUT2D eigenvalue weighted by atomic mass is 10.3. The number of rotatable bonds is 3. The Bertz CT molecular complexity index is 114. The van der Waals surface area contributed by atoms with E-state index in [1.165, 1.54) is 0 Å². The number of likely N-dealkylation sites (N-methyl/N-ethyl adjacent to an activating group) is 2. The Morgan fingerprint density at radius 3 is 2.50 bits per heavy atom. The summed E-state index contributed by atoms with van der Waals surface area (Å²) in [6.07, 6.45) is 0. The van der Waals surface area contributed by atoms with Crippen molar-refractivity contribution >= 4 is 5.91 Å². The van der Waals surface area contributed by atoms with Gasteiger partial charge in [0.15, 0.2) is 0 Å². The van der Waals surface area contributed by atoms with Gasteiger partial charge in [-0.25, -0.2) is 0 Å². The van der Waals surface area contributed by atoms with E-state index in [4.69, 9.17) is 0 Å². The maximum Gasteiger partial charge on any atom is 0.236 e. The van der Waals surface area contributed by atoms with E-state index in [-0.39, 0.29) is 11.9 Å². The molecule has 0 bridgehead atoms. The maximum absolute atomic E-state index is 11.0. The van der Waals surface area contributed by atoms with E-state index in [1.807, 2.05) is 25.8 Å². The van der Waals surface area contributed by atoms with E-state index in [0.29, 0.717) is 0 Å². The van der Waals surface area contributed by atoms with Crippen LogP contribution in [0.2, 0.25) is 0 Å². The van der Waals surface area contributed by atoms with Crippen LogP contribution in [0.25, 0.3) is 0 Å². The van der Waals surface area contributed by atoms with E-state index in [9.17, 15) is 4.79 Å². The van der Waals surface area contributed by atoms with Crippen molar-refractivity contribution in [3.05, 3.63) is 0 Å². The lowest BCUT2D eigenvalue weighted by molar-refractivity contribution is -0.124. The van der Waals surface area contributed by atoms with Gasteiger partial charge in [0.2, 0.25) is 5.91 Å². The van der Waals surface area contributed by atoms with Gasteiger partial charge in [0.05, 0.1) is 6.04 Å². The molecule has 0 radical (unpaired) electrons. The molecule has 0 fully saturated rings. The minimum absolute atomic E-state index is 0.0185. The van der Waals surface area contributed by atoms with Crippen molar-refractivity contribution in [2.45, 2.75) is 19.9 Å². The van der Waals surface area contributed by atoms with Crippen LogP contribution in [0.1, 0.15) is 13.8 Å². The van der Waals surface area contributed by atoms with E-state index < -0.39 is 0 Å². The van der Waals surface area contributed by atoms with E-state index in [1.54, 1.807) is 7.05 Å². The first kappa shape index (κ1) is 9.43. The average Bonchev–Trinajstić information content (AvgIpc) is 2.00. The van der Waals surface area contributed by atoms with Crippen molar-refractivity contribution in [3.63, 3.8) is 0 Å². The molecule has 0 aromatic rings. The molecular formula is C7H16N2O. The largest absolute Gasteiger partial charge is 0.358 e. The summed E-state index contributed by atoms with van der Waals surface area (Å²) in [5.74, 6) is 0.0735. The van der Waals surface area contributed by atoms with Crippen molar-refractivity contribution < 1.29 is 4.79 Å². The molecule has 0 heterocycles. The molecule has 0 saturated heterocycles. The molecule has 1 N–H and O–H groups in total. The van der Waals surface area contributed by atoms with Crippen LogP contribution in [0.4, 0.5) is 0 Å². The van der Waals surface area contributed by atoms with Gasteiger partial charge >= 0.3 is 0 Å². The number of carbonyl (C=O) groups excluding carboxylic acids is 1. The third-order valence-electron chi connectivity index (χ3n) is 1.79. The van der Waals surface area contributed by atoms with Crippen molar-refractivity contribution in [2.24, 2.45) is 0 Å². The monoisotopic (exact) mass is 144 g/mol. The van der Waals surface area contributed by atoms with Gasteiger partial charge in [-0.1, -0.05) is 6.92 Å². The first-order valence-electron chi connectivity index (χ1n) is 3.55. The Balaban J connectivity index is 3.81. The molecule has 3 heteroatoms. The van der Waals surface area contributed by atoms with Crippen molar-refractivity contribution in [1.29, 1.82) is 0 Å². The van der Waals surface area contributed by atoms with Crippen LogP contribution < -0.4 is 5.32 Å². The van der Waals surface area contributed by atoms with Crippen LogP contribution in [0.15, 0.2) is 0 Å². The van der Waals surface area contributed by atoms with Gasteiger partial charge in [-0.15, -0.1) is 0 Å². The number of amides is 1. The fourth-order valence-electron chi connectivity index (χ4n) is 0.683. The van der Waals surface area contributed by atoms with Crippen LogP contribution >= 0.6 is 0 Å². The average molecular weight is 144 g/mol. The molecule has 60 valence electrons. The molecule has 1 unspecified atom stereocenters. The molecule has 0 aliphatic rings. The third-order valence-corrected chi connectivity index (χ3v) is 1.79. The Hall–Kier alpha value is -0.570. The first-order valence-corrected chi connectivity index (χ1v) is 3.55. The van der Waals surface area contributed by atoms with Crippen LogP contribution in [0.5, 0.6) is 0 Å². The lowest BCUT2D eigenvalue weighted by Gasteiger charge is -2.20. The predicted molar refractivity (Wildman–Crippen MR) is 41.8 cm³/mol. The van der Waals surface area contributed by atoms with Crippen LogP contribution in [0, 0.1) is 0 Å². The lowest BCUT2D eigenvalue weighted by Crippen LogP contribution is -2.41. The SMILES string of the molecule is CCN(C)C(C)C(=O)NC. The van der Waals surface area contributed by atoms with Gasteiger partial charge in [-0.05, 0) is 20.5 Å². The topological polar surface area (TPSA) is 32.3 Å². The molecule has 10 heavy (non-hydrogen) atoms. The van der Waals surface area contributed by atoms with E-state index in [0.717, 1.165) is 6.54 Å². The van der Waals surface area contributed by atoms with Gasteiger partial charge < -0.3 is 5.32 Å². The number of nitrogens with one attached hydrogen (secondary N) is 1. The summed E-state index contributed by atoms with van der Waals surface area (Å²) in [6, 6.07) is -0.0185. The smallest absolute Gasteiger partial charge is 0.236 e. The Morgan fingerprint density at radius 2 is 2.20 bits per heavy atom. The normalized spacial score (nSPS) is 13.3. The fraction of sp³-hybridized carbons (Fsp3) is 0.857. The summed E-state index contributed by atoms with van der Waals surface area (Å²) < 4.78 is 0. The number of hydrogen-bond acceptors (Lipinski definition) is 2. The Morgan fingerprint density at radius 1 is 1.70 bits per heavy atom. The maximum atomic E-state index is 11.0. The Labute approximate surface area is 62.4 Å². The second-order valence-corrected chi connectivity index (χ2v) is 2.36. The molecule has 1 amide bonds. The molecule has 0 spiro atoms. The van der Waals surface area contributed by atoms with E-state index in [2.05, 4.69) is 5.32 Å². The van der Waals surface area contributed by atoms with Crippen molar-refractivity contribution in [1.82, 2.24) is 10.2 Å². The van der Waals surface area contributed by atoms with Crippen molar-refractivity contribution in [3.8, 4) is 0 Å². The molecular weight excluding hydrogens is 128 g/mol. The summed E-state index contributed by atoms with van der Waals surface area (Å²) in [7, 11) is 3.59. The number of nitrogens with zero attached hydrogens (tertiary/aromatic N) is 1.